The summed E-state index contributed by atoms with van der Waals surface area (Å²) in [5.74, 6) is 0.150. The third-order valence-electron chi connectivity index (χ3n) is 4.61. The first-order chi connectivity index (χ1) is 15.3. The maximum absolute atomic E-state index is 12.7. The zero-order chi connectivity index (χ0) is 22.8. The maximum atomic E-state index is 12.7. The van der Waals surface area contributed by atoms with Gasteiger partial charge in [-0.15, -0.1) is 0 Å². The molecule has 0 fully saturated rings. The third-order valence-corrected chi connectivity index (χ3v) is 5.35. The monoisotopic (exact) mass is 467 g/mol. The number of nitrogen functional groups attached to an aromatic ring is 1. The van der Waals surface area contributed by atoms with Crippen molar-refractivity contribution < 1.29 is 4.92 Å². The lowest BCUT2D eigenvalue weighted by Crippen LogP contribution is -2.12. The molecule has 0 unspecified atom stereocenters. The molecular weight excluding hydrogens is 453 g/mol. The van der Waals surface area contributed by atoms with Crippen molar-refractivity contribution in [2.75, 3.05) is 11.1 Å². The van der Waals surface area contributed by atoms with Crippen LogP contribution in [0.4, 0.5) is 23.0 Å². The third kappa shape index (κ3) is 4.56. The number of nitrogens with one attached hydrogen (secondary N) is 2. The van der Waals surface area contributed by atoms with Crippen LogP contribution in [0.1, 0.15) is 11.1 Å². The molecule has 10 heteroatoms. The van der Waals surface area contributed by atoms with E-state index in [2.05, 4.69) is 15.3 Å². The van der Waals surface area contributed by atoms with Crippen LogP contribution in [0.2, 0.25) is 10.0 Å². The fourth-order valence-electron chi connectivity index (χ4n) is 3.05. The Bertz CT molecular complexity index is 1430. The number of nitrogens with zero attached hydrogens (tertiary/aromatic N) is 2. The van der Waals surface area contributed by atoms with Gasteiger partial charge < -0.3 is 11.1 Å². The van der Waals surface area contributed by atoms with Crippen LogP contribution >= 0.6 is 23.2 Å². The lowest BCUT2D eigenvalue weighted by atomic mass is 10.1. The van der Waals surface area contributed by atoms with E-state index in [0.717, 1.165) is 5.56 Å². The van der Waals surface area contributed by atoms with Gasteiger partial charge in [0.05, 0.1) is 25.9 Å². The molecule has 1 aromatic heterocycles. The molecule has 32 heavy (non-hydrogen) atoms. The SMILES string of the molecule is Nc1ccc(C=Cc2cc([N+](=O)[O-])cc3c(=O)[nH]c(Nc4ccc(Cl)c(Cl)c4)nc23)cc1. The fraction of sp³-hybridized carbons (Fsp3) is 0. The normalized spacial score (nSPS) is 11.2. The molecule has 0 aliphatic carbocycles. The predicted octanol–water partition coefficient (Wildman–Crippen LogP) is 5.63. The number of aromatic nitrogens is 2. The molecule has 0 atom stereocenters. The van der Waals surface area contributed by atoms with E-state index in [4.69, 9.17) is 28.9 Å². The summed E-state index contributed by atoms with van der Waals surface area (Å²) < 4.78 is 0. The van der Waals surface area contributed by atoms with Crippen LogP contribution in [-0.2, 0) is 0 Å². The van der Waals surface area contributed by atoms with Gasteiger partial charge in [-0.25, -0.2) is 4.98 Å². The summed E-state index contributed by atoms with van der Waals surface area (Å²) in [6.07, 6.45) is 3.42. The van der Waals surface area contributed by atoms with E-state index >= 15 is 0 Å². The van der Waals surface area contributed by atoms with E-state index in [1.165, 1.54) is 12.1 Å². The number of H-pyrrole nitrogens is 1. The first-order valence-electron chi connectivity index (χ1n) is 9.28. The predicted molar refractivity (Wildman–Crippen MR) is 129 cm³/mol. The number of rotatable bonds is 5. The van der Waals surface area contributed by atoms with Gasteiger partial charge in [0.25, 0.3) is 11.2 Å². The number of hydrogen-bond acceptors (Lipinski definition) is 6. The van der Waals surface area contributed by atoms with Gasteiger partial charge >= 0.3 is 0 Å². The Kier molecular flexibility index (Phi) is 5.81. The van der Waals surface area contributed by atoms with E-state index in [9.17, 15) is 14.9 Å². The number of aromatic amines is 1. The number of nitrogens with two attached hydrogens (primary N) is 1. The molecule has 4 N–H and O–H groups in total. The maximum Gasteiger partial charge on any atom is 0.270 e. The smallest absolute Gasteiger partial charge is 0.270 e. The summed E-state index contributed by atoms with van der Waals surface area (Å²) >= 11 is 12.0. The van der Waals surface area contributed by atoms with Gasteiger partial charge in [0.15, 0.2) is 0 Å². The Morgan fingerprint density at radius 3 is 2.47 bits per heavy atom. The molecule has 8 nitrogen and oxygen atoms in total. The summed E-state index contributed by atoms with van der Waals surface area (Å²) in [6.45, 7) is 0. The summed E-state index contributed by atoms with van der Waals surface area (Å²) in [5.41, 5.74) is 7.69. The fourth-order valence-corrected chi connectivity index (χ4v) is 3.35. The molecule has 0 bridgehead atoms. The number of benzene rings is 3. The molecule has 0 amide bonds. The van der Waals surface area contributed by atoms with E-state index in [1.54, 1.807) is 42.5 Å². The molecule has 1 heterocycles. The number of nitro groups is 1. The van der Waals surface area contributed by atoms with Crippen LogP contribution in [0.15, 0.2) is 59.4 Å². The van der Waals surface area contributed by atoms with Gasteiger partial charge in [0.1, 0.15) is 0 Å². The second kappa shape index (κ2) is 8.70. The molecule has 0 aliphatic heterocycles. The molecular formula is C22H15Cl2N5O3. The Morgan fingerprint density at radius 2 is 1.78 bits per heavy atom. The van der Waals surface area contributed by atoms with Crippen LogP contribution < -0.4 is 16.6 Å². The number of non-ortho nitro benzene ring substituents is 1. The molecule has 3 aromatic carbocycles. The summed E-state index contributed by atoms with van der Waals surface area (Å²) in [7, 11) is 0. The Balaban J connectivity index is 1.82. The van der Waals surface area contributed by atoms with Crippen molar-refractivity contribution in [1.29, 1.82) is 0 Å². The highest BCUT2D eigenvalue weighted by Crippen LogP contribution is 2.28. The minimum Gasteiger partial charge on any atom is -0.399 e. The second-order valence-electron chi connectivity index (χ2n) is 6.86. The topological polar surface area (TPSA) is 127 Å². The highest BCUT2D eigenvalue weighted by molar-refractivity contribution is 6.42. The van der Waals surface area contributed by atoms with E-state index in [-0.39, 0.29) is 17.0 Å². The van der Waals surface area contributed by atoms with Crippen LogP contribution in [0, 0.1) is 10.1 Å². The van der Waals surface area contributed by atoms with Crippen molar-refractivity contribution in [1.82, 2.24) is 9.97 Å². The zero-order valence-corrected chi connectivity index (χ0v) is 17.8. The number of anilines is 3. The Hall–Kier alpha value is -3.88. The van der Waals surface area contributed by atoms with Crippen molar-refractivity contribution in [3.8, 4) is 0 Å². The lowest BCUT2D eigenvalue weighted by Gasteiger charge is -2.09. The van der Waals surface area contributed by atoms with Crippen molar-refractivity contribution in [2.45, 2.75) is 0 Å². The van der Waals surface area contributed by atoms with Crippen molar-refractivity contribution >= 4 is 69.3 Å². The van der Waals surface area contributed by atoms with Gasteiger partial charge in [-0.2, -0.15) is 0 Å². The molecule has 0 spiro atoms. The Morgan fingerprint density at radius 1 is 1.03 bits per heavy atom. The highest BCUT2D eigenvalue weighted by Gasteiger charge is 2.15. The lowest BCUT2D eigenvalue weighted by molar-refractivity contribution is -0.384. The number of halogens is 2. The van der Waals surface area contributed by atoms with Gasteiger partial charge in [0, 0.05) is 29.1 Å². The van der Waals surface area contributed by atoms with Crippen LogP contribution in [0.25, 0.3) is 23.1 Å². The number of hydrogen-bond donors (Lipinski definition) is 3. The van der Waals surface area contributed by atoms with E-state index in [1.807, 2.05) is 12.1 Å². The highest BCUT2D eigenvalue weighted by atomic mass is 35.5. The van der Waals surface area contributed by atoms with Crippen molar-refractivity contribution in [2.24, 2.45) is 0 Å². The minimum absolute atomic E-state index is 0.0934. The van der Waals surface area contributed by atoms with E-state index < -0.39 is 10.5 Å². The number of nitro benzene ring substituents is 1. The van der Waals surface area contributed by atoms with Crippen molar-refractivity contribution in [3.63, 3.8) is 0 Å². The molecule has 0 saturated carbocycles. The molecule has 4 aromatic rings. The van der Waals surface area contributed by atoms with Crippen LogP contribution in [-0.4, -0.2) is 14.9 Å². The van der Waals surface area contributed by atoms with Gasteiger partial charge in [-0.1, -0.05) is 47.5 Å². The molecule has 0 aliphatic rings. The van der Waals surface area contributed by atoms with E-state index in [0.29, 0.717) is 32.5 Å². The quantitative estimate of drug-likeness (QED) is 0.151. The summed E-state index contributed by atoms with van der Waals surface area (Å²) in [6, 6.07) is 14.5. The average molecular weight is 468 g/mol. The molecule has 4 rings (SSSR count). The molecule has 0 saturated heterocycles. The Labute approximate surface area is 191 Å². The van der Waals surface area contributed by atoms with Gasteiger partial charge in [-0.05, 0) is 35.9 Å². The number of fused-ring (bicyclic) bond motifs is 1. The van der Waals surface area contributed by atoms with Crippen molar-refractivity contribution in [3.05, 3.63) is 96.2 Å². The zero-order valence-electron chi connectivity index (χ0n) is 16.3. The van der Waals surface area contributed by atoms with Gasteiger partial charge in [-0.3, -0.25) is 19.9 Å². The second-order valence-corrected chi connectivity index (χ2v) is 7.67. The van der Waals surface area contributed by atoms with Gasteiger partial charge in [0.2, 0.25) is 5.95 Å². The first-order valence-corrected chi connectivity index (χ1v) is 10.0. The summed E-state index contributed by atoms with van der Waals surface area (Å²) in [4.78, 5) is 30.6. The largest absolute Gasteiger partial charge is 0.399 e. The molecule has 0 radical (unpaired) electrons. The first kappa shape index (κ1) is 21.4. The van der Waals surface area contributed by atoms with Crippen LogP contribution in [0.3, 0.4) is 0 Å². The summed E-state index contributed by atoms with van der Waals surface area (Å²) in [5, 5.41) is 15.2. The minimum atomic E-state index is -0.554. The van der Waals surface area contributed by atoms with Crippen LogP contribution in [0.5, 0.6) is 0 Å². The molecule has 160 valence electrons. The average Bonchev–Trinajstić information content (AvgIpc) is 2.76. The standard InChI is InChI=1S/C22H15Cl2N5O3/c23-18-8-7-15(10-19(18)24)26-22-27-20-13(4-1-12-2-5-14(25)6-3-12)9-16(29(31)32)11-17(20)21(30)28-22/h1-11H,25H2,(H2,26,27,28,30).